The summed E-state index contributed by atoms with van der Waals surface area (Å²) >= 11 is 0. The topological polar surface area (TPSA) is 111 Å². The molecular weight excluding hydrogens is 264 g/mol. The normalized spacial score (nSPS) is 11.2. The Bertz CT molecular complexity index is 671. The van der Waals surface area contributed by atoms with Crippen molar-refractivity contribution in [3.05, 3.63) is 48.3 Å². The fourth-order valence-corrected chi connectivity index (χ4v) is 2.26. The van der Waals surface area contributed by atoms with Crippen LogP contribution >= 0.6 is 0 Å². The highest BCUT2D eigenvalue weighted by Crippen LogP contribution is 2.21. The third-order valence-electron chi connectivity index (χ3n) is 2.52. The molecule has 0 bridgehead atoms. The van der Waals surface area contributed by atoms with Gasteiger partial charge in [0.05, 0.1) is 17.9 Å². The highest BCUT2D eigenvalue weighted by atomic mass is 32.2. The van der Waals surface area contributed by atoms with Gasteiger partial charge >= 0.3 is 0 Å². The Labute approximate surface area is 111 Å². The Kier molecular flexibility index (Phi) is 3.68. The van der Waals surface area contributed by atoms with E-state index in [2.05, 4.69) is 10.3 Å². The van der Waals surface area contributed by atoms with Gasteiger partial charge in [0.15, 0.2) is 0 Å². The lowest BCUT2D eigenvalue weighted by Crippen LogP contribution is -2.14. The Morgan fingerprint density at radius 3 is 2.58 bits per heavy atom. The number of benzene rings is 1. The van der Waals surface area contributed by atoms with Crippen molar-refractivity contribution in [2.45, 2.75) is 11.4 Å². The summed E-state index contributed by atoms with van der Waals surface area (Å²) < 4.78 is 22.4. The van der Waals surface area contributed by atoms with Gasteiger partial charge in [0, 0.05) is 11.9 Å². The summed E-state index contributed by atoms with van der Waals surface area (Å²) in [6.45, 7) is 0.523. The molecule has 100 valence electrons. The zero-order valence-corrected chi connectivity index (χ0v) is 10.9. The van der Waals surface area contributed by atoms with Gasteiger partial charge in [-0.3, -0.25) is 4.98 Å². The number of primary sulfonamides is 1. The molecular formula is C12H14N4O2S. The van der Waals surface area contributed by atoms with Gasteiger partial charge in [-0.25, -0.2) is 13.6 Å². The summed E-state index contributed by atoms with van der Waals surface area (Å²) in [5.74, 6) is 0. The molecule has 0 saturated carbocycles. The molecule has 0 radical (unpaired) electrons. The molecule has 1 heterocycles. The van der Waals surface area contributed by atoms with E-state index in [9.17, 15) is 8.42 Å². The number of hydrogen-bond donors (Lipinski definition) is 3. The fraction of sp³-hybridized carbons (Fsp3) is 0.0833. The molecule has 0 aliphatic carbocycles. The average Bonchev–Trinajstić information content (AvgIpc) is 2.36. The predicted octanol–water partition coefficient (Wildman–Crippen LogP) is 0.923. The third kappa shape index (κ3) is 3.43. The van der Waals surface area contributed by atoms with Crippen LogP contribution in [0.15, 0.2) is 47.5 Å². The summed E-state index contributed by atoms with van der Waals surface area (Å²) in [5, 5.41) is 8.14. The van der Waals surface area contributed by atoms with Crippen molar-refractivity contribution in [3.63, 3.8) is 0 Å². The minimum atomic E-state index is -3.78. The van der Waals surface area contributed by atoms with Gasteiger partial charge in [-0.05, 0) is 30.3 Å². The van der Waals surface area contributed by atoms with Gasteiger partial charge < -0.3 is 11.1 Å². The van der Waals surface area contributed by atoms with Crippen LogP contribution in [-0.2, 0) is 16.6 Å². The van der Waals surface area contributed by atoms with Crippen molar-refractivity contribution in [1.82, 2.24) is 4.98 Å². The molecule has 0 atom stereocenters. The third-order valence-corrected chi connectivity index (χ3v) is 3.50. The van der Waals surface area contributed by atoms with Crippen molar-refractivity contribution >= 4 is 21.4 Å². The standard InChI is InChI=1S/C12H14N4O2S/c13-11-7-9(4-5-12(11)19(14,17)18)16-8-10-3-1-2-6-15-10/h1-7,16H,8,13H2,(H2,14,17,18). The maximum Gasteiger partial charge on any atom is 0.240 e. The molecule has 1 aromatic heterocycles. The minimum Gasteiger partial charge on any atom is -0.398 e. The van der Waals surface area contributed by atoms with Gasteiger partial charge in [0.2, 0.25) is 10.0 Å². The van der Waals surface area contributed by atoms with Gasteiger partial charge in [0.25, 0.3) is 0 Å². The summed E-state index contributed by atoms with van der Waals surface area (Å²) in [5.41, 5.74) is 7.36. The second-order valence-electron chi connectivity index (χ2n) is 3.97. The van der Waals surface area contributed by atoms with Crippen molar-refractivity contribution in [3.8, 4) is 0 Å². The van der Waals surface area contributed by atoms with E-state index in [0.29, 0.717) is 12.2 Å². The summed E-state index contributed by atoms with van der Waals surface area (Å²) in [6, 6.07) is 10.1. The number of anilines is 2. The summed E-state index contributed by atoms with van der Waals surface area (Å²) in [7, 11) is -3.78. The summed E-state index contributed by atoms with van der Waals surface area (Å²) in [6.07, 6.45) is 1.70. The first kappa shape index (κ1) is 13.3. The smallest absolute Gasteiger partial charge is 0.240 e. The number of pyridine rings is 1. The fourth-order valence-electron chi connectivity index (χ4n) is 1.61. The molecule has 6 nitrogen and oxygen atoms in total. The van der Waals surface area contributed by atoms with Gasteiger partial charge in [-0.15, -0.1) is 0 Å². The second-order valence-corrected chi connectivity index (χ2v) is 5.50. The molecule has 0 aliphatic heterocycles. The monoisotopic (exact) mass is 278 g/mol. The van der Waals surface area contributed by atoms with E-state index in [-0.39, 0.29) is 10.6 Å². The van der Waals surface area contributed by atoms with Crippen LogP contribution < -0.4 is 16.2 Å². The number of hydrogen-bond acceptors (Lipinski definition) is 5. The van der Waals surface area contributed by atoms with E-state index < -0.39 is 10.0 Å². The molecule has 5 N–H and O–H groups in total. The van der Waals surface area contributed by atoms with Gasteiger partial charge in [-0.1, -0.05) is 6.07 Å². The Morgan fingerprint density at radius 2 is 2.00 bits per heavy atom. The Morgan fingerprint density at radius 1 is 1.21 bits per heavy atom. The SMILES string of the molecule is Nc1cc(NCc2ccccn2)ccc1S(N)(=O)=O. The second kappa shape index (κ2) is 5.25. The van der Waals surface area contributed by atoms with Gasteiger partial charge in [0.1, 0.15) is 4.90 Å². The van der Waals surface area contributed by atoms with Crippen molar-refractivity contribution < 1.29 is 8.42 Å². The number of aromatic nitrogens is 1. The van der Waals surface area contributed by atoms with E-state index in [0.717, 1.165) is 5.69 Å². The minimum absolute atomic E-state index is 0.0733. The first-order chi connectivity index (χ1) is 8.97. The number of nitrogens with zero attached hydrogens (tertiary/aromatic N) is 1. The maximum absolute atomic E-state index is 11.2. The van der Waals surface area contributed by atoms with E-state index in [1.54, 1.807) is 12.3 Å². The lowest BCUT2D eigenvalue weighted by Gasteiger charge is -2.09. The number of rotatable bonds is 4. The molecule has 7 heteroatoms. The van der Waals surface area contributed by atoms with Crippen LogP contribution in [0.3, 0.4) is 0 Å². The largest absolute Gasteiger partial charge is 0.398 e. The molecule has 0 saturated heterocycles. The first-order valence-corrected chi connectivity index (χ1v) is 7.07. The lowest BCUT2D eigenvalue weighted by molar-refractivity contribution is 0.598. The van der Waals surface area contributed by atoms with Gasteiger partial charge in [-0.2, -0.15) is 0 Å². The quantitative estimate of drug-likeness (QED) is 0.720. The Balaban J connectivity index is 2.13. The van der Waals surface area contributed by atoms with Crippen LogP contribution in [0.4, 0.5) is 11.4 Å². The van der Waals surface area contributed by atoms with Crippen LogP contribution in [0.25, 0.3) is 0 Å². The summed E-state index contributed by atoms with van der Waals surface area (Å²) in [4.78, 5) is 4.09. The molecule has 1 aromatic carbocycles. The van der Waals surface area contributed by atoms with Crippen LogP contribution in [0.5, 0.6) is 0 Å². The molecule has 0 fully saturated rings. The Hall–Kier alpha value is -2.12. The number of nitrogens with two attached hydrogens (primary N) is 2. The molecule has 0 spiro atoms. The lowest BCUT2D eigenvalue weighted by atomic mass is 10.2. The zero-order valence-electron chi connectivity index (χ0n) is 10.1. The molecule has 2 aromatic rings. The highest BCUT2D eigenvalue weighted by Gasteiger charge is 2.12. The highest BCUT2D eigenvalue weighted by molar-refractivity contribution is 7.89. The first-order valence-electron chi connectivity index (χ1n) is 5.53. The molecule has 0 unspecified atom stereocenters. The van der Waals surface area contributed by atoms with Crippen LogP contribution in [0, 0.1) is 0 Å². The van der Waals surface area contributed by atoms with E-state index >= 15 is 0 Å². The molecule has 19 heavy (non-hydrogen) atoms. The van der Waals surface area contributed by atoms with Crippen molar-refractivity contribution in [2.24, 2.45) is 5.14 Å². The molecule has 0 aliphatic rings. The van der Waals surface area contributed by atoms with E-state index in [4.69, 9.17) is 10.9 Å². The average molecular weight is 278 g/mol. The predicted molar refractivity (Wildman–Crippen MR) is 73.8 cm³/mol. The molecule has 0 amide bonds. The number of nitrogen functional groups attached to an aromatic ring is 1. The van der Waals surface area contributed by atoms with Crippen molar-refractivity contribution in [2.75, 3.05) is 11.1 Å². The number of sulfonamides is 1. The van der Waals surface area contributed by atoms with Crippen LogP contribution in [0.2, 0.25) is 0 Å². The molecule has 2 rings (SSSR count). The van der Waals surface area contributed by atoms with E-state index in [1.807, 2.05) is 18.2 Å². The van der Waals surface area contributed by atoms with Crippen LogP contribution in [-0.4, -0.2) is 13.4 Å². The number of nitrogens with one attached hydrogen (secondary N) is 1. The van der Waals surface area contributed by atoms with E-state index in [1.165, 1.54) is 12.1 Å². The van der Waals surface area contributed by atoms with Crippen molar-refractivity contribution in [1.29, 1.82) is 0 Å². The maximum atomic E-state index is 11.2. The zero-order chi connectivity index (χ0) is 13.9. The van der Waals surface area contributed by atoms with Crippen LogP contribution in [0.1, 0.15) is 5.69 Å².